The Bertz CT molecular complexity index is 1360. The fourth-order valence-corrected chi connectivity index (χ4v) is 4.51. The van der Waals surface area contributed by atoms with Gasteiger partial charge in [0.05, 0.1) is 22.0 Å². The molecule has 0 aliphatic heterocycles. The van der Waals surface area contributed by atoms with Gasteiger partial charge in [-0.3, -0.25) is 4.79 Å². The average Bonchev–Trinajstić information content (AvgIpc) is 2.74. The Morgan fingerprint density at radius 1 is 0.806 bits per heavy atom. The number of hydrogen-bond donors (Lipinski definition) is 0. The SMILES string of the molecule is C[n+]1c2ccccc2c(C(=O)N(c2ccccc2)S(=O)(=O)C(F)(F)F)c2ccccc21. The zero-order chi connectivity index (χ0) is 22.4. The molecule has 1 amide bonds. The monoisotopic (exact) mass is 445 g/mol. The molecule has 0 atom stereocenters. The van der Waals surface area contributed by atoms with Crippen LogP contribution in [0.2, 0.25) is 0 Å². The van der Waals surface area contributed by atoms with Crippen LogP contribution in [0.4, 0.5) is 18.9 Å². The Balaban J connectivity index is 2.10. The molecule has 4 aromatic rings. The zero-order valence-electron chi connectivity index (χ0n) is 16.2. The third kappa shape index (κ3) is 3.31. The van der Waals surface area contributed by atoms with E-state index in [0.29, 0.717) is 21.8 Å². The number of aryl methyl sites for hydroxylation is 1. The second kappa shape index (κ2) is 7.35. The van der Waals surface area contributed by atoms with Gasteiger partial charge in [-0.25, -0.2) is 0 Å². The molecule has 0 N–H and O–H groups in total. The number of fused-ring (bicyclic) bond motifs is 2. The van der Waals surface area contributed by atoms with Crippen molar-refractivity contribution in [2.75, 3.05) is 4.31 Å². The summed E-state index contributed by atoms with van der Waals surface area (Å²) in [6, 6.07) is 19.9. The van der Waals surface area contributed by atoms with Gasteiger partial charge in [0.2, 0.25) is 11.0 Å². The van der Waals surface area contributed by atoms with Gasteiger partial charge in [0.15, 0.2) is 0 Å². The van der Waals surface area contributed by atoms with Crippen molar-refractivity contribution in [2.24, 2.45) is 7.05 Å². The molecule has 1 aromatic heterocycles. The highest BCUT2D eigenvalue weighted by Crippen LogP contribution is 2.34. The predicted molar refractivity (Wildman–Crippen MR) is 111 cm³/mol. The lowest BCUT2D eigenvalue weighted by atomic mass is 10.0. The summed E-state index contributed by atoms with van der Waals surface area (Å²) in [4.78, 5) is 13.6. The van der Waals surface area contributed by atoms with Crippen molar-refractivity contribution >= 4 is 43.4 Å². The summed E-state index contributed by atoms with van der Waals surface area (Å²) in [5.74, 6) is -1.28. The molecule has 0 saturated heterocycles. The molecule has 0 bridgehead atoms. The van der Waals surface area contributed by atoms with E-state index in [-0.39, 0.29) is 9.87 Å². The second-order valence-corrected chi connectivity index (χ2v) is 8.60. The van der Waals surface area contributed by atoms with Crippen molar-refractivity contribution in [2.45, 2.75) is 5.51 Å². The number of aromatic nitrogens is 1. The summed E-state index contributed by atoms with van der Waals surface area (Å²) < 4.78 is 67.2. The fraction of sp³-hybridized carbons (Fsp3) is 0.0909. The summed E-state index contributed by atoms with van der Waals surface area (Å²) in [5, 5.41) is 0.680. The molecule has 0 spiro atoms. The van der Waals surface area contributed by atoms with Crippen molar-refractivity contribution in [3.05, 3.63) is 84.4 Å². The Kier molecular flexibility index (Phi) is 4.93. The Hall–Kier alpha value is -3.46. The van der Waals surface area contributed by atoms with Gasteiger partial charge in [-0.15, -0.1) is 0 Å². The van der Waals surface area contributed by atoms with Gasteiger partial charge in [0.25, 0.3) is 5.91 Å². The first-order valence-electron chi connectivity index (χ1n) is 9.15. The van der Waals surface area contributed by atoms with Crippen LogP contribution < -0.4 is 8.87 Å². The largest absolute Gasteiger partial charge is 0.517 e. The van der Waals surface area contributed by atoms with Gasteiger partial charge in [0, 0.05) is 12.1 Å². The maximum atomic E-state index is 13.6. The number of pyridine rings is 1. The molecule has 0 unspecified atom stereocenters. The third-order valence-corrected chi connectivity index (χ3v) is 6.43. The van der Waals surface area contributed by atoms with Crippen molar-refractivity contribution in [3.63, 3.8) is 0 Å². The lowest BCUT2D eigenvalue weighted by Gasteiger charge is -2.24. The van der Waals surface area contributed by atoms with E-state index in [9.17, 15) is 26.4 Å². The van der Waals surface area contributed by atoms with E-state index in [4.69, 9.17) is 0 Å². The van der Waals surface area contributed by atoms with Crippen LogP contribution >= 0.6 is 0 Å². The van der Waals surface area contributed by atoms with Crippen LogP contribution in [0.3, 0.4) is 0 Å². The molecule has 1 heterocycles. The molecule has 0 radical (unpaired) electrons. The molecule has 0 fully saturated rings. The number of hydrogen-bond acceptors (Lipinski definition) is 3. The predicted octanol–water partition coefficient (Wildman–Crippen LogP) is 4.31. The first-order valence-corrected chi connectivity index (χ1v) is 10.6. The Labute approximate surface area is 176 Å². The van der Waals surface area contributed by atoms with Crippen LogP contribution in [0.1, 0.15) is 10.4 Å². The van der Waals surface area contributed by atoms with Gasteiger partial charge in [-0.2, -0.15) is 30.5 Å². The fourth-order valence-electron chi connectivity index (χ4n) is 3.59. The lowest BCUT2D eigenvalue weighted by molar-refractivity contribution is -0.617. The molecule has 4 rings (SSSR count). The maximum Gasteiger partial charge on any atom is 0.517 e. The molecule has 0 aliphatic rings. The Morgan fingerprint density at radius 3 is 1.74 bits per heavy atom. The van der Waals surface area contributed by atoms with E-state index in [2.05, 4.69) is 0 Å². The van der Waals surface area contributed by atoms with Gasteiger partial charge in [-0.05, 0) is 24.3 Å². The zero-order valence-corrected chi connectivity index (χ0v) is 17.0. The maximum absolute atomic E-state index is 13.6. The topological polar surface area (TPSA) is 58.3 Å². The van der Waals surface area contributed by atoms with Gasteiger partial charge < -0.3 is 0 Å². The summed E-state index contributed by atoms with van der Waals surface area (Å²) in [5.41, 5.74) is -5.04. The molecule has 3 aromatic carbocycles. The highest BCUT2D eigenvalue weighted by atomic mass is 32.2. The van der Waals surface area contributed by atoms with Crippen LogP contribution in [0, 0.1) is 0 Å². The van der Waals surface area contributed by atoms with E-state index in [1.165, 1.54) is 18.2 Å². The molecular weight excluding hydrogens is 429 g/mol. The number of nitrogens with zero attached hydrogens (tertiary/aromatic N) is 2. The molecule has 31 heavy (non-hydrogen) atoms. The second-order valence-electron chi connectivity index (χ2n) is 6.82. The highest BCUT2D eigenvalue weighted by molar-refractivity contribution is 7.94. The first-order chi connectivity index (χ1) is 14.6. The molecular formula is C22H16F3N2O3S+. The minimum Gasteiger partial charge on any atom is -0.268 e. The normalized spacial score (nSPS) is 12.3. The average molecular weight is 445 g/mol. The molecule has 5 nitrogen and oxygen atoms in total. The number of sulfonamides is 1. The number of carbonyl (C=O) groups excluding carboxylic acids is 1. The number of halogens is 3. The number of carbonyl (C=O) groups is 1. The van der Waals surface area contributed by atoms with Crippen LogP contribution in [-0.2, 0) is 17.1 Å². The summed E-state index contributed by atoms with van der Waals surface area (Å²) in [6.07, 6.45) is 0. The minimum absolute atomic E-state index is 0.124. The van der Waals surface area contributed by atoms with Gasteiger partial charge in [-0.1, -0.05) is 42.5 Å². The molecule has 0 saturated carbocycles. The van der Waals surface area contributed by atoms with E-state index in [0.717, 1.165) is 12.1 Å². The van der Waals surface area contributed by atoms with E-state index in [1.807, 2.05) is 0 Å². The minimum atomic E-state index is -6.01. The number of para-hydroxylation sites is 3. The smallest absolute Gasteiger partial charge is 0.268 e. The van der Waals surface area contributed by atoms with Crippen LogP contribution in [0.5, 0.6) is 0 Å². The number of rotatable bonds is 3. The van der Waals surface area contributed by atoms with Crippen molar-refractivity contribution in [1.29, 1.82) is 0 Å². The molecule has 158 valence electrons. The van der Waals surface area contributed by atoms with Gasteiger partial charge in [0.1, 0.15) is 7.05 Å². The highest BCUT2D eigenvalue weighted by Gasteiger charge is 2.53. The molecule has 9 heteroatoms. The van der Waals surface area contributed by atoms with Crippen LogP contribution in [-0.4, -0.2) is 19.8 Å². The van der Waals surface area contributed by atoms with Crippen molar-refractivity contribution in [1.82, 2.24) is 0 Å². The standard InChI is InChI=1S/C22H16F3N2O3S/c1-26-18-13-7-5-11-16(18)20(17-12-6-8-14-19(17)26)21(28)27(15-9-3-2-4-10-15)31(29,30)22(23,24)25/h2-14H,1H3/q+1. The third-order valence-electron chi connectivity index (χ3n) is 4.99. The first kappa shape index (κ1) is 20.8. The summed E-state index contributed by atoms with van der Waals surface area (Å²) >= 11 is 0. The van der Waals surface area contributed by atoms with E-state index >= 15 is 0 Å². The van der Waals surface area contributed by atoms with E-state index < -0.39 is 27.1 Å². The quantitative estimate of drug-likeness (QED) is 0.349. The number of alkyl halides is 3. The van der Waals surface area contributed by atoms with Crippen LogP contribution in [0.25, 0.3) is 21.8 Å². The summed E-state index contributed by atoms with van der Waals surface area (Å²) in [6.45, 7) is 0. The van der Waals surface area contributed by atoms with Crippen LogP contribution in [0.15, 0.2) is 78.9 Å². The Morgan fingerprint density at radius 2 is 1.26 bits per heavy atom. The van der Waals surface area contributed by atoms with Gasteiger partial charge >= 0.3 is 15.5 Å². The number of amides is 1. The van der Waals surface area contributed by atoms with Crippen molar-refractivity contribution in [3.8, 4) is 0 Å². The number of anilines is 1. The number of benzene rings is 3. The van der Waals surface area contributed by atoms with Crippen molar-refractivity contribution < 1.29 is 31.0 Å². The molecule has 0 aliphatic carbocycles. The van der Waals surface area contributed by atoms with E-state index in [1.54, 1.807) is 60.1 Å². The summed E-state index contributed by atoms with van der Waals surface area (Å²) in [7, 11) is -4.25. The lowest BCUT2D eigenvalue weighted by Crippen LogP contribution is -2.45.